The van der Waals surface area contributed by atoms with Crippen LogP contribution in [0.25, 0.3) is 0 Å². The Kier molecular flexibility index (Phi) is 10.6. The summed E-state index contributed by atoms with van der Waals surface area (Å²) in [7, 11) is -3.98. The molecule has 14 heavy (non-hydrogen) atoms. The monoisotopic (exact) mass is 214 g/mol. The van der Waals surface area contributed by atoms with Gasteiger partial charge in [0.05, 0.1) is 10.1 Å². The van der Waals surface area contributed by atoms with Gasteiger partial charge in [0.2, 0.25) is 0 Å². The Morgan fingerprint density at radius 2 is 1.57 bits per heavy atom. The maximum absolute atomic E-state index is 10.2. The Hall–Kier alpha value is 0.507. The molecule has 0 fully saturated rings. The molecular formula is C9H19LiO3S. The molecule has 0 saturated heterocycles. The third-order valence-corrected chi connectivity index (χ3v) is 2.71. The first-order valence-electron chi connectivity index (χ1n) is 4.85. The second kappa shape index (κ2) is 8.79. The molecule has 0 aliphatic heterocycles. The van der Waals surface area contributed by atoms with E-state index in [2.05, 4.69) is 13.8 Å². The van der Waals surface area contributed by atoms with Gasteiger partial charge in [-0.1, -0.05) is 39.5 Å². The van der Waals surface area contributed by atoms with E-state index in [1.54, 1.807) is 0 Å². The van der Waals surface area contributed by atoms with Crippen LogP contribution in [0.1, 0.15) is 46.0 Å². The van der Waals surface area contributed by atoms with E-state index in [1.165, 1.54) is 6.42 Å². The molecule has 0 aromatic rings. The van der Waals surface area contributed by atoms with Gasteiger partial charge in [0.1, 0.15) is 0 Å². The Labute approximate surface area is 99.6 Å². The smallest absolute Gasteiger partial charge is 0.748 e. The van der Waals surface area contributed by atoms with Crippen molar-refractivity contribution in [3.63, 3.8) is 0 Å². The summed E-state index contributed by atoms with van der Waals surface area (Å²) in [6.45, 7) is 4.34. The van der Waals surface area contributed by atoms with Crippen LogP contribution in [-0.4, -0.2) is 18.7 Å². The molecule has 0 aromatic carbocycles. The van der Waals surface area contributed by atoms with Crippen molar-refractivity contribution in [1.29, 1.82) is 0 Å². The Bertz CT molecular complexity index is 212. The quantitative estimate of drug-likeness (QED) is 0.315. The van der Waals surface area contributed by atoms with E-state index < -0.39 is 10.1 Å². The summed E-state index contributed by atoms with van der Waals surface area (Å²) in [5.74, 6) is 0.512. The molecule has 0 unspecified atom stereocenters. The fourth-order valence-electron chi connectivity index (χ4n) is 1.18. The van der Waals surface area contributed by atoms with E-state index in [0.29, 0.717) is 12.3 Å². The van der Waals surface area contributed by atoms with Gasteiger partial charge >= 0.3 is 18.9 Å². The van der Waals surface area contributed by atoms with Crippen LogP contribution >= 0.6 is 0 Å². The van der Waals surface area contributed by atoms with E-state index in [-0.39, 0.29) is 24.6 Å². The van der Waals surface area contributed by atoms with Crippen LogP contribution in [0.3, 0.4) is 0 Å². The molecule has 0 aromatic heterocycles. The fourth-order valence-corrected chi connectivity index (χ4v) is 1.74. The summed E-state index contributed by atoms with van der Waals surface area (Å²) in [5, 5.41) is 0. The number of hydrogen-bond acceptors (Lipinski definition) is 3. The third-order valence-electron chi connectivity index (χ3n) is 1.93. The van der Waals surface area contributed by atoms with Gasteiger partial charge in [0, 0.05) is 5.75 Å². The second-order valence-electron chi connectivity index (χ2n) is 3.86. The molecular weight excluding hydrogens is 195 g/mol. The number of rotatable bonds is 7. The van der Waals surface area contributed by atoms with Gasteiger partial charge in [0.15, 0.2) is 0 Å². The van der Waals surface area contributed by atoms with Crippen molar-refractivity contribution in [1.82, 2.24) is 0 Å². The van der Waals surface area contributed by atoms with Crippen LogP contribution in [0.5, 0.6) is 0 Å². The summed E-state index contributed by atoms with van der Waals surface area (Å²) in [5.41, 5.74) is 0. The van der Waals surface area contributed by atoms with Crippen LogP contribution in [0.4, 0.5) is 0 Å². The van der Waals surface area contributed by atoms with Gasteiger partial charge < -0.3 is 4.55 Å². The zero-order valence-corrected chi connectivity index (χ0v) is 10.3. The summed E-state index contributed by atoms with van der Waals surface area (Å²) in [6.07, 6.45) is 4.73. The SMILES string of the molecule is CC(C)CCCCCCS(=O)(=O)[O-].[Li+]. The van der Waals surface area contributed by atoms with Gasteiger partial charge in [-0.05, 0) is 12.3 Å². The van der Waals surface area contributed by atoms with Crippen molar-refractivity contribution >= 4 is 10.1 Å². The first kappa shape index (κ1) is 16.9. The molecule has 80 valence electrons. The van der Waals surface area contributed by atoms with Crippen molar-refractivity contribution in [2.24, 2.45) is 5.92 Å². The normalized spacial score (nSPS) is 11.4. The van der Waals surface area contributed by atoms with Crippen LogP contribution < -0.4 is 18.9 Å². The predicted molar refractivity (Wildman–Crippen MR) is 52.5 cm³/mol. The predicted octanol–water partition coefficient (Wildman–Crippen LogP) is -0.858. The standard InChI is InChI=1S/C9H20O3S.Li/c1-9(2)7-5-3-4-6-8-13(10,11)12;/h9H,3-8H2,1-2H3,(H,10,11,12);/q;+1/p-1. The van der Waals surface area contributed by atoms with Crippen molar-refractivity contribution in [3.8, 4) is 0 Å². The molecule has 3 nitrogen and oxygen atoms in total. The molecule has 0 radical (unpaired) electrons. The first-order valence-corrected chi connectivity index (χ1v) is 6.43. The average Bonchev–Trinajstić information content (AvgIpc) is 1.93. The zero-order chi connectivity index (χ0) is 10.3. The van der Waals surface area contributed by atoms with Gasteiger partial charge in [-0.25, -0.2) is 8.42 Å². The molecule has 5 heteroatoms. The van der Waals surface area contributed by atoms with E-state index >= 15 is 0 Å². The minimum absolute atomic E-state index is 0. The first-order chi connectivity index (χ1) is 5.92. The Balaban J connectivity index is 0. The average molecular weight is 214 g/mol. The minimum Gasteiger partial charge on any atom is -0.748 e. The summed E-state index contributed by atoms with van der Waals surface area (Å²) in [4.78, 5) is 0. The maximum atomic E-state index is 10.2. The molecule has 0 aliphatic carbocycles. The molecule has 0 spiro atoms. The summed E-state index contributed by atoms with van der Waals surface area (Å²) >= 11 is 0. The topological polar surface area (TPSA) is 57.2 Å². The van der Waals surface area contributed by atoms with Crippen molar-refractivity contribution in [2.75, 3.05) is 5.75 Å². The Morgan fingerprint density at radius 3 is 2.00 bits per heavy atom. The molecule has 0 N–H and O–H groups in total. The summed E-state index contributed by atoms with van der Waals surface area (Å²) < 4.78 is 30.6. The second-order valence-corrected chi connectivity index (χ2v) is 5.38. The number of unbranched alkanes of at least 4 members (excludes halogenated alkanes) is 3. The van der Waals surface area contributed by atoms with Crippen molar-refractivity contribution < 1.29 is 31.8 Å². The molecule has 0 bridgehead atoms. The van der Waals surface area contributed by atoms with Gasteiger partial charge in [-0.3, -0.25) is 0 Å². The van der Waals surface area contributed by atoms with Crippen LogP contribution in [0.2, 0.25) is 0 Å². The van der Waals surface area contributed by atoms with E-state index in [0.717, 1.165) is 19.3 Å². The molecule has 0 aliphatic rings. The zero-order valence-electron chi connectivity index (χ0n) is 9.45. The van der Waals surface area contributed by atoms with Gasteiger partial charge in [-0.2, -0.15) is 0 Å². The van der Waals surface area contributed by atoms with E-state index in [1.807, 2.05) is 0 Å². The van der Waals surface area contributed by atoms with Crippen LogP contribution in [-0.2, 0) is 10.1 Å². The molecule has 0 atom stereocenters. The molecule has 0 heterocycles. The van der Waals surface area contributed by atoms with Gasteiger partial charge in [0.25, 0.3) is 0 Å². The van der Waals surface area contributed by atoms with E-state index in [9.17, 15) is 13.0 Å². The largest absolute Gasteiger partial charge is 1.00 e. The summed E-state index contributed by atoms with van der Waals surface area (Å²) in [6, 6.07) is 0. The molecule has 0 saturated carbocycles. The third kappa shape index (κ3) is 15.0. The van der Waals surface area contributed by atoms with Crippen molar-refractivity contribution in [3.05, 3.63) is 0 Å². The van der Waals surface area contributed by atoms with E-state index in [4.69, 9.17) is 0 Å². The maximum Gasteiger partial charge on any atom is 1.00 e. The minimum atomic E-state index is -3.98. The van der Waals surface area contributed by atoms with Crippen molar-refractivity contribution in [2.45, 2.75) is 46.0 Å². The van der Waals surface area contributed by atoms with Crippen LogP contribution in [0.15, 0.2) is 0 Å². The molecule has 0 rings (SSSR count). The molecule has 0 amide bonds. The Morgan fingerprint density at radius 1 is 1.07 bits per heavy atom. The number of hydrogen-bond donors (Lipinski definition) is 0. The van der Waals surface area contributed by atoms with Gasteiger partial charge in [-0.15, -0.1) is 0 Å². The fraction of sp³-hybridized carbons (Fsp3) is 1.00. The van der Waals surface area contributed by atoms with Crippen LogP contribution in [0, 0.1) is 5.92 Å².